The maximum atomic E-state index is 5.35. The summed E-state index contributed by atoms with van der Waals surface area (Å²) in [6.45, 7) is 5.00. The number of thiocarbonyl (C=S) groups is 1. The van der Waals surface area contributed by atoms with E-state index < -0.39 is 0 Å². The van der Waals surface area contributed by atoms with Crippen LogP contribution in [0.1, 0.15) is 26.0 Å². The van der Waals surface area contributed by atoms with Crippen molar-refractivity contribution in [3.8, 4) is 0 Å². The Morgan fingerprint density at radius 3 is 2.82 bits per heavy atom. The van der Waals surface area contributed by atoms with Gasteiger partial charge in [0.15, 0.2) is 5.11 Å². The van der Waals surface area contributed by atoms with Crippen molar-refractivity contribution in [2.45, 2.75) is 32.9 Å². The topological polar surface area (TPSA) is 33.1 Å². The minimum Gasteiger partial charge on any atom is -0.360 e. The van der Waals surface area contributed by atoms with Crippen LogP contribution in [0.25, 0.3) is 0 Å². The molecule has 1 N–H and O–H groups in total. The monoisotopic (exact) mass is 318 g/mol. The highest BCUT2D eigenvalue weighted by Gasteiger charge is 2.12. The summed E-state index contributed by atoms with van der Waals surface area (Å²) < 4.78 is 2.87. The smallest absolute Gasteiger partial charge is 0.169 e. The first kappa shape index (κ1) is 14.4. The van der Waals surface area contributed by atoms with Gasteiger partial charge in [-0.05, 0) is 41.5 Å². The summed E-state index contributed by atoms with van der Waals surface area (Å²) in [4.78, 5) is 2.02. The van der Waals surface area contributed by atoms with Gasteiger partial charge in [0.2, 0.25) is 0 Å². The van der Waals surface area contributed by atoms with Gasteiger partial charge in [0.25, 0.3) is 0 Å². The number of rotatable bonds is 4. The molecule has 0 aliphatic heterocycles. The number of hydrogen-bond acceptors (Lipinski definition) is 2. The number of nitrogens with zero attached hydrogens (tertiary/aromatic N) is 3. The Balaban J connectivity index is 2.60. The highest BCUT2D eigenvalue weighted by Crippen LogP contribution is 2.16. The van der Waals surface area contributed by atoms with E-state index >= 15 is 0 Å². The first-order chi connectivity index (χ1) is 7.95. The van der Waals surface area contributed by atoms with Crippen LogP contribution in [0.5, 0.6) is 0 Å². The Morgan fingerprint density at radius 2 is 2.35 bits per heavy atom. The second-order valence-electron chi connectivity index (χ2n) is 4.18. The number of aryl methyl sites for hydroxylation is 1. The molecule has 0 fully saturated rings. The fourth-order valence-electron chi connectivity index (χ4n) is 1.33. The van der Waals surface area contributed by atoms with E-state index in [0.717, 1.165) is 28.2 Å². The van der Waals surface area contributed by atoms with E-state index in [-0.39, 0.29) is 0 Å². The lowest BCUT2D eigenvalue weighted by Gasteiger charge is -2.23. The molecule has 1 atom stereocenters. The first-order valence-corrected chi connectivity index (χ1v) is 6.83. The van der Waals surface area contributed by atoms with Gasteiger partial charge < -0.3 is 10.2 Å². The van der Waals surface area contributed by atoms with Crippen molar-refractivity contribution in [1.82, 2.24) is 20.0 Å². The summed E-state index contributed by atoms with van der Waals surface area (Å²) in [6, 6.07) is 0.403. The third-order valence-corrected chi connectivity index (χ3v) is 3.82. The Kier molecular flexibility index (Phi) is 5.39. The van der Waals surface area contributed by atoms with Gasteiger partial charge in [0, 0.05) is 20.1 Å². The fraction of sp³-hybridized carbons (Fsp3) is 0.636. The Morgan fingerprint density at radius 1 is 1.71 bits per heavy atom. The molecule has 0 bridgehead atoms. The molecule has 1 unspecified atom stereocenters. The van der Waals surface area contributed by atoms with Gasteiger partial charge in [0.1, 0.15) is 0 Å². The molecule has 0 saturated carbocycles. The van der Waals surface area contributed by atoms with Crippen molar-refractivity contribution in [3.05, 3.63) is 16.4 Å². The van der Waals surface area contributed by atoms with E-state index in [4.69, 9.17) is 12.2 Å². The molecule has 1 aromatic heterocycles. The molecule has 0 spiro atoms. The first-order valence-electron chi connectivity index (χ1n) is 5.63. The second kappa shape index (κ2) is 6.35. The Bertz CT molecular complexity index is 371. The molecule has 6 heteroatoms. The van der Waals surface area contributed by atoms with Crippen LogP contribution in [0.15, 0.2) is 10.7 Å². The lowest BCUT2D eigenvalue weighted by atomic mass is 10.3. The zero-order valence-electron chi connectivity index (χ0n) is 10.7. The van der Waals surface area contributed by atoms with Crippen LogP contribution in [-0.2, 0) is 13.6 Å². The van der Waals surface area contributed by atoms with E-state index in [0.29, 0.717) is 6.04 Å². The number of hydrogen-bond donors (Lipinski definition) is 1. The van der Waals surface area contributed by atoms with Crippen molar-refractivity contribution in [2.24, 2.45) is 7.05 Å². The molecule has 0 aliphatic carbocycles. The minimum atomic E-state index is 0.403. The van der Waals surface area contributed by atoms with E-state index in [1.165, 1.54) is 0 Å². The number of nitrogens with one attached hydrogen (secondary N) is 1. The van der Waals surface area contributed by atoms with Crippen LogP contribution in [0.2, 0.25) is 0 Å². The largest absolute Gasteiger partial charge is 0.360 e. The van der Waals surface area contributed by atoms with Crippen LogP contribution < -0.4 is 5.32 Å². The average molecular weight is 319 g/mol. The van der Waals surface area contributed by atoms with Crippen molar-refractivity contribution < 1.29 is 0 Å². The van der Waals surface area contributed by atoms with Crippen LogP contribution in [0.3, 0.4) is 0 Å². The molecule has 0 amide bonds. The summed E-state index contributed by atoms with van der Waals surface area (Å²) in [7, 11) is 3.91. The molecule has 17 heavy (non-hydrogen) atoms. The predicted molar refractivity (Wildman–Crippen MR) is 77.9 cm³/mol. The Hall–Kier alpha value is -0.620. The molecule has 0 radical (unpaired) electrons. The molecule has 0 aromatic carbocycles. The molecule has 0 saturated heterocycles. The predicted octanol–water partition coefficient (Wildman–Crippen LogP) is 2.29. The molecule has 1 heterocycles. The van der Waals surface area contributed by atoms with Gasteiger partial charge in [-0.1, -0.05) is 6.92 Å². The number of aromatic nitrogens is 2. The van der Waals surface area contributed by atoms with Crippen molar-refractivity contribution in [1.29, 1.82) is 0 Å². The van der Waals surface area contributed by atoms with Gasteiger partial charge in [-0.3, -0.25) is 4.68 Å². The summed E-state index contributed by atoms with van der Waals surface area (Å²) in [5, 5.41) is 8.25. The maximum absolute atomic E-state index is 5.35. The third-order valence-electron chi connectivity index (χ3n) is 2.73. The molecule has 1 aromatic rings. The SMILES string of the molecule is CCC(C)NC(=S)N(C)Cc1c(Br)cnn1C. The van der Waals surface area contributed by atoms with E-state index in [1.54, 1.807) is 6.20 Å². The fourth-order valence-corrected chi connectivity index (χ4v) is 2.07. The summed E-state index contributed by atoms with van der Waals surface area (Å²) >= 11 is 8.83. The van der Waals surface area contributed by atoms with Crippen LogP contribution >= 0.6 is 28.1 Å². The zero-order valence-corrected chi connectivity index (χ0v) is 13.1. The molecular weight excluding hydrogens is 300 g/mol. The molecule has 1 rings (SSSR count). The van der Waals surface area contributed by atoms with Gasteiger partial charge in [-0.15, -0.1) is 0 Å². The maximum Gasteiger partial charge on any atom is 0.169 e. The Labute approximate surface area is 116 Å². The summed E-state index contributed by atoms with van der Waals surface area (Å²) in [5.41, 5.74) is 1.11. The van der Waals surface area contributed by atoms with Gasteiger partial charge in [0.05, 0.1) is 22.9 Å². The van der Waals surface area contributed by atoms with Crippen LogP contribution in [0, 0.1) is 0 Å². The lowest BCUT2D eigenvalue weighted by molar-refractivity contribution is 0.454. The quantitative estimate of drug-likeness (QED) is 0.863. The number of halogens is 1. The average Bonchev–Trinajstić information content (AvgIpc) is 2.60. The van der Waals surface area contributed by atoms with E-state index in [1.807, 2.05) is 23.7 Å². The highest BCUT2D eigenvalue weighted by atomic mass is 79.9. The van der Waals surface area contributed by atoms with Crippen molar-refractivity contribution >= 4 is 33.3 Å². The zero-order chi connectivity index (χ0) is 13.0. The normalized spacial score (nSPS) is 12.3. The molecule has 96 valence electrons. The van der Waals surface area contributed by atoms with Crippen molar-refractivity contribution in [3.63, 3.8) is 0 Å². The van der Waals surface area contributed by atoms with E-state index in [2.05, 4.69) is 40.2 Å². The standard InChI is InChI=1S/C11H19BrN4S/c1-5-8(2)14-11(17)15(3)7-10-9(12)6-13-16(10)4/h6,8H,5,7H2,1-4H3,(H,14,17). The van der Waals surface area contributed by atoms with Crippen LogP contribution in [0.4, 0.5) is 0 Å². The van der Waals surface area contributed by atoms with E-state index in [9.17, 15) is 0 Å². The van der Waals surface area contributed by atoms with Gasteiger partial charge >= 0.3 is 0 Å². The molecule has 4 nitrogen and oxygen atoms in total. The summed E-state index contributed by atoms with van der Waals surface area (Å²) in [6.07, 6.45) is 2.86. The van der Waals surface area contributed by atoms with Gasteiger partial charge in [-0.2, -0.15) is 5.10 Å². The highest BCUT2D eigenvalue weighted by molar-refractivity contribution is 9.10. The molecular formula is C11H19BrN4S. The molecule has 0 aliphatic rings. The minimum absolute atomic E-state index is 0.403. The lowest BCUT2D eigenvalue weighted by Crippen LogP contribution is -2.41. The third kappa shape index (κ3) is 3.96. The van der Waals surface area contributed by atoms with Gasteiger partial charge in [-0.25, -0.2) is 0 Å². The summed E-state index contributed by atoms with van der Waals surface area (Å²) in [5.74, 6) is 0. The second-order valence-corrected chi connectivity index (χ2v) is 5.42. The van der Waals surface area contributed by atoms with Crippen LogP contribution in [-0.4, -0.2) is 32.9 Å². The van der Waals surface area contributed by atoms with Crippen molar-refractivity contribution in [2.75, 3.05) is 7.05 Å².